The highest BCUT2D eigenvalue weighted by Crippen LogP contribution is 2.20. The van der Waals surface area contributed by atoms with Gasteiger partial charge < -0.3 is 14.2 Å². The molecular formula is C20H17ClN2O5. The van der Waals surface area contributed by atoms with E-state index in [4.69, 9.17) is 25.8 Å². The van der Waals surface area contributed by atoms with Crippen LogP contribution >= 0.6 is 11.6 Å². The number of aromatic nitrogens is 2. The smallest absolute Gasteiger partial charge is 0.338 e. The van der Waals surface area contributed by atoms with Crippen molar-refractivity contribution in [2.45, 2.75) is 6.54 Å². The second kappa shape index (κ2) is 9.05. The van der Waals surface area contributed by atoms with Gasteiger partial charge in [-0.25, -0.2) is 9.48 Å². The maximum Gasteiger partial charge on any atom is 0.338 e. The molecule has 0 saturated carbocycles. The molecule has 0 unspecified atom stereocenters. The van der Waals surface area contributed by atoms with Crippen LogP contribution in [-0.2, 0) is 11.3 Å². The number of carbonyl (C=O) groups excluding carboxylic acids is 1. The van der Waals surface area contributed by atoms with Gasteiger partial charge in [-0.3, -0.25) is 4.79 Å². The summed E-state index contributed by atoms with van der Waals surface area (Å²) in [5, 5.41) is 4.71. The van der Waals surface area contributed by atoms with Crippen LogP contribution in [0.3, 0.4) is 0 Å². The summed E-state index contributed by atoms with van der Waals surface area (Å²) in [6.45, 7) is 0.0840. The molecule has 0 bridgehead atoms. The van der Waals surface area contributed by atoms with Crippen LogP contribution in [0.5, 0.6) is 17.4 Å². The van der Waals surface area contributed by atoms with Crippen LogP contribution in [0.25, 0.3) is 0 Å². The Balaban J connectivity index is 1.59. The Morgan fingerprint density at radius 1 is 1.00 bits per heavy atom. The van der Waals surface area contributed by atoms with E-state index < -0.39 is 5.97 Å². The Labute approximate surface area is 166 Å². The second-order valence-corrected chi connectivity index (χ2v) is 6.09. The summed E-state index contributed by atoms with van der Waals surface area (Å²) in [5.41, 5.74) is 0.0601. The van der Waals surface area contributed by atoms with Gasteiger partial charge in [0.2, 0.25) is 5.88 Å². The van der Waals surface area contributed by atoms with E-state index in [9.17, 15) is 9.59 Å². The summed E-state index contributed by atoms with van der Waals surface area (Å²) in [4.78, 5) is 24.0. The Morgan fingerprint density at radius 2 is 1.68 bits per heavy atom. The van der Waals surface area contributed by atoms with Gasteiger partial charge in [0.1, 0.15) is 18.1 Å². The number of nitrogens with zero attached hydrogens (tertiary/aromatic N) is 2. The maximum atomic E-state index is 12.0. The maximum absolute atomic E-state index is 12.0. The Morgan fingerprint density at radius 3 is 2.36 bits per heavy atom. The van der Waals surface area contributed by atoms with Gasteiger partial charge in [0, 0.05) is 17.2 Å². The normalized spacial score (nSPS) is 10.4. The first-order valence-corrected chi connectivity index (χ1v) is 8.76. The molecule has 8 heteroatoms. The molecule has 0 fully saturated rings. The third-order valence-electron chi connectivity index (χ3n) is 3.74. The van der Waals surface area contributed by atoms with Crippen molar-refractivity contribution in [1.29, 1.82) is 0 Å². The first kappa shape index (κ1) is 19.4. The quantitative estimate of drug-likeness (QED) is 0.564. The summed E-state index contributed by atoms with van der Waals surface area (Å²) in [7, 11) is 1.54. The molecule has 0 spiro atoms. The second-order valence-electron chi connectivity index (χ2n) is 5.65. The number of ether oxygens (including phenoxy) is 3. The predicted octanol–water partition coefficient (Wildman–Crippen LogP) is 3.55. The lowest BCUT2D eigenvalue weighted by Gasteiger charge is -2.09. The zero-order chi connectivity index (χ0) is 19.9. The van der Waals surface area contributed by atoms with Crippen molar-refractivity contribution >= 4 is 17.6 Å². The van der Waals surface area contributed by atoms with Gasteiger partial charge in [-0.15, -0.1) is 5.10 Å². The van der Waals surface area contributed by atoms with Crippen LogP contribution in [0.2, 0.25) is 5.02 Å². The fourth-order valence-corrected chi connectivity index (χ4v) is 2.43. The van der Waals surface area contributed by atoms with Gasteiger partial charge in [0.05, 0.1) is 19.2 Å². The highest BCUT2D eigenvalue weighted by Gasteiger charge is 2.08. The fourth-order valence-electron chi connectivity index (χ4n) is 2.30. The van der Waals surface area contributed by atoms with Crippen LogP contribution in [0.15, 0.2) is 65.5 Å². The van der Waals surface area contributed by atoms with Crippen LogP contribution in [-0.4, -0.2) is 29.5 Å². The molecule has 144 valence electrons. The van der Waals surface area contributed by atoms with E-state index in [1.165, 1.54) is 16.8 Å². The van der Waals surface area contributed by atoms with Crippen molar-refractivity contribution in [3.8, 4) is 17.4 Å². The largest absolute Gasteiger partial charge is 0.497 e. The van der Waals surface area contributed by atoms with Crippen molar-refractivity contribution in [2.75, 3.05) is 13.7 Å². The fraction of sp³-hybridized carbons (Fsp3) is 0.150. The van der Waals surface area contributed by atoms with Gasteiger partial charge in [-0.05, 0) is 48.5 Å². The molecule has 0 N–H and O–H groups in total. The topological polar surface area (TPSA) is 79.7 Å². The molecule has 0 aliphatic rings. The van der Waals surface area contributed by atoms with Gasteiger partial charge in [-0.1, -0.05) is 11.6 Å². The lowest BCUT2D eigenvalue weighted by Crippen LogP contribution is -2.25. The molecule has 0 saturated heterocycles. The van der Waals surface area contributed by atoms with Crippen molar-refractivity contribution in [2.24, 2.45) is 0 Å². The highest BCUT2D eigenvalue weighted by atomic mass is 35.5. The summed E-state index contributed by atoms with van der Waals surface area (Å²) in [6.07, 6.45) is 0. The van der Waals surface area contributed by atoms with Crippen LogP contribution in [0, 0.1) is 0 Å². The predicted molar refractivity (Wildman–Crippen MR) is 103 cm³/mol. The number of carbonyl (C=O) groups is 1. The molecule has 0 radical (unpaired) electrons. The van der Waals surface area contributed by atoms with Crippen molar-refractivity contribution in [1.82, 2.24) is 9.78 Å². The van der Waals surface area contributed by atoms with E-state index in [0.29, 0.717) is 22.1 Å². The molecule has 0 atom stereocenters. The number of halogens is 1. The molecular weight excluding hydrogens is 384 g/mol. The summed E-state index contributed by atoms with van der Waals surface area (Å²) < 4.78 is 17.0. The first-order valence-electron chi connectivity index (χ1n) is 8.38. The number of benzene rings is 2. The molecule has 1 aromatic heterocycles. The zero-order valence-electron chi connectivity index (χ0n) is 15.0. The molecule has 0 aliphatic carbocycles. The average Bonchev–Trinajstić information content (AvgIpc) is 2.72. The number of esters is 1. The number of hydrogen-bond acceptors (Lipinski definition) is 6. The summed E-state index contributed by atoms with van der Waals surface area (Å²) in [6, 6.07) is 16.1. The minimum atomic E-state index is -0.496. The van der Waals surface area contributed by atoms with E-state index in [2.05, 4.69) is 5.10 Å². The third-order valence-corrected chi connectivity index (χ3v) is 3.99. The number of hydrogen-bond donors (Lipinski definition) is 0. The average molecular weight is 401 g/mol. The summed E-state index contributed by atoms with van der Waals surface area (Å²) in [5.74, 6) is 0.922. The number of rotatable bonds is 7. The Hall–Kier alpha value is -3.32. The third kappa shape index (κ3) is 5.11. The van der Waals surface area contributed by atoms with E-state index >= 15 is 0 Å². The lowest BCUT2D eigenvalue weighted by atomic mass is 10.2. The van der Waals surface area contributed by atoms with Gasteiger partial charge in [-0.2, -0.15) is 0 Å². The standard InChI is InChI=1S/C20H17ClN2O5/c1-26-16-6-2-14(3-7-16)20(25)27-13-12-23-19(24)11-10-18(22-23)28-17-8-4-15(21)5-9-17/h2-11H,12-13H2,1H3. The van der Waals surface area contributed by atoms with Crippen LogP contribution < -0.4 is 15.0 Å². The summed E-state index contributed by atoms with van der Waals surface area (Å²) >= 11 is 5.84. The van der Waals surface area contributed by atoms with E-state index in [0.717, 1.165) is 0 Å². The molecule has 0 aliphatic heterocycles. The van der Waals surface area contributed by atoms with E-state index in [-0.39, 0.29) is 24.6 Å². The van der Waals surface area contributed by atoms with Crippen LogP contribution in [0.4, 0.5) is 0 Å². The Kier molecular flexibility index (Phi) is 6.29. The highest BCUT2D eigenvalue weighted by molar-refractivity contribution is 6.30. The molecule has 1 heterocycles. The Bertz CT molecular complexity index is 1000. The van der Waals surface area contributed by atoms with Gasteiger partial charge in [0.15, 0.2) is 0 Å². The molecule has 2 aromatic carbocycles. The van der Waals surface area contributed by atoms with Crippen LogP contribution in [0.1, 0.15) is 10.4 Å². The van der Waals surface area contributed by atoms with Crippen molar-refractivity contribution in [3.63, 3.8) is 0 Å². The van der Waals surface area contributed by atoms with E-state index in [1.54, 1.807) is 55.6 Å². The van der Waals surface area contributed by atoms with Crippen molar-refractivity contribution < 1.29 is 19.0 Å². The molecule has 0 amide bonds. The molecule has 3 aromatic rings. The first-order chi connectivity index (χ1) is 13.5. The van der Waals surface area contributed by atoms with Gasteiger partial charge in [0.25, 0.3) is 5.56 Å². The SMILES string of the molecule is COc1ccc(C(=O)OCCn2nc(Oc3ccc(Cl)cc3)ccc2=O)cc1. The minimum absolute atomic E-state index is 0.0117. The van der Waals surface area contributed by atoms with Crippen molar-refractivity contribution in [3.05, 3.63) is 81.6 Å². The van der Waals surface area contributed by atoms with Gasteiger partial charge >= 0.3 is 5.97 Å². The van der Waals surface area contributed by atoms with E-state index in [1.807, 2.05) is 0 Å². The molecule has 28 heavy (non-hydrogen) atoms. The minimum Gasteiger partial charge on any atom is -0.497 e. The lowest BCUT2D eigenvalue weighted by molar-refractivity contribution is 0.0485. The monoisotopic (exact) mass is 400 g/mol. The number of methoxy groups -OCH3 is 1. The molecule has 3 rings (SSSR count). The molecule has 7 nitrogen and oxygen atoms in total. The zero-order valence-corrected chi connectivity index (χ0v) is 15.8.